The Hall–Kier alpha value is -2.77. The summed E-state index contributed by atoms with van der Waals surface area (Å²) in [4.78, 5) is 30.3. The number of aliphatic imine (C=N–C) groups is 1. The fourth-order valence-corrected chi connectivity index (χ4v) is 4.22. The van der Waals surface area contributed by atoms with E-state index in [9.17, 15) is 9.59 Å². The van der Waals surface area contributed by atoms with Gasteiger partial charge < -0.3 is 9.84 Å². The number of carboxylic acids is 1. The zero-order valence-electron chi connectivity index (χ0n) is 16.6. The highest BCUT2D eigenvalue weighted by Crippen LogP contribution is 2.34. The third-order valence-electron chi connectivity index (χ3n) is 4.32. The zero-order valence-corrected chi connectivity index (χ0v) is 18.2. The molecule has 0 saturated carbocycles. The van der Waals surface area contributed by atoms with Gasteiger partial charge in [-0.15, -0.1) is 0 Å². The number of likely N-dealkylation sites (N-methyl/N-ethyl adjacent to an activating group) is 1. The average Bonchev–Trinajstić information content (AvgIpc) is 3.02. The Labute approximate surface area is 184 Å². The summed E-state index contributed by atoms with van der Waals surface area (Å²) in [6, 6.07) is 11.8. The van der Waals surface area contributed by atoms with Crippen molar-refractivity contribution >= 4 is 46.5 Å². The second-order valence-electron chi connectivity index (χ2n) is 6.40. The second kappa shape index (κ2) is 9.82. The molecule has 1 heterocycles. The van der Waals surface area contributed by atoms with E-state index in [0.29, 0.717) is 33.9 Å². The summed E-state index contributed by atoms with van der Waals surface area (Å²) in [5.41, 5.74) is 1.72. The lowest BCUT2D eigenvalue weighted by Gasteiger charge is -2.11. The summed E-state index contributed by atoms with van der Waals surface area (Å²) in [7, 11) is 0. The number of nitrogens with zero attached hydrogens (tertiary/aromatic N) is 2. The number of carboxylic acid groups (broad SMARTS) is 1. The van der Waals surface area contributed by atoms with Crippen molar-refractivity contribution in [2.75, 3.05) is 13.1 Å². The molecule has 0 spiro atoms. The number of amides is 1. The summed E-state index contributed by atoms with van der Waals surface area (Å²) in [5.74, 6) is -0.571. The first-order valence-electron chi connectivity index (χ1n) is 9.43. The van der Waals surface area contributed by atoms with Crippen LogP contribution < -0.4 is 4.74 Å². The molecule has 156 valence electrons. The molecular weight excluding hydrogens is 424 g/mol. The van der Waals surface area contributed by atoms with E-state index in [0.717, 1.165) is 11.1 Å². The lowest BCUT2D eigenvalue weighted by molar-refractivity contribution is -0.122. The van der Waals surface area contributed by atoms with E-state index in [-0.39, 0.29) is 18.1 Å². The summed E-state index contributed by atoms with van der Waals surface area (Å²) in [6.07, 6.45) is 1.79. The maximum absolute atomic E-state index is 12.6. The molecule has 8 heteroatoms. The number of halogens is 1. The molecule has 0 radical (unpaired) electrons. The van der Waals surface area contributed by atoms with Gasteiger partial charge in [-0.2, -0.15) is 0 Å². The van der Waals surface area contributed by atoms with Crippen LogP contribution in [-0.2, 0) is 11.4 Å². The first-order chi connectivity index (χ1) is 14.4. The van der Waals surface area contributed by atoms with E-state index in [1.54, 1.807) is 41.3 Å². The molecule has 2 aromatic rings. The largest absolute Gasteiger partial charge is 0.487 e. The Bertz CT molecular complexity index is 1040. The van der Waals surface area contributed by atoms with Crippen LogP contribution in [0.5, 0.6) is 5.75 Å². The lowest BCUT2D eigenvalue weighted by atomic mass is 10.1. The van der Waals surface area contributed by atoms with E-state index >= 15 is 0 Å². The number of carbonyl (C=O) groups excluding carboxylic acids is 1. The van der Waals surface area contributed by atoms with Crippen molar-refractivity contribution in [1.29, 1.82) is 0 Å². The maximum atomic E-state index is 12.6. The molecule has 0 bridgehead atoms. The van der Waals surface area contributed by atoms with Crippen LogP contribution in [0.15, 0.2) is 52.4 Å². The van der Waals surface area contributed by atoms with Crippen molar-refractivity contribution in [3.63, 3.8) is 0 Å². The van der Waals surface area contributed by atoms with E-state index in [2.05, 4.69) is 4.99 Å². The van der Waals surface area contributed by atoms with Crippen LogP contribution in [0.3, 0.4) is 0 Å². The molecule has 1 N–H and O–H groups in total. The Kier molecular flexibility index (Phi) is 7.18. The zero-order chi connectivity index (χ0) is 21.7. The number of amidine groups is 1. The van der Waals surface area contributed by atoms with Crippen molar-refractivity contribution in [2.24, 2.45) is 4.99 Å². The Morgan fingerprint density at radius 2 is 2.07 bits per heavy atom. The van der Waals surface area contributed by atoms with Gasteiger partial charge in [-0.05, 0) is 67.1 Å². The van der Waals surface area contributed by atoms with Crippen LogP contribution in [0.1, 0.15) is 35.3 Å². The van der Waals surface area contributed by atoms with Gasteiger partial charge in [0, 0.05) is 13.1 Å². The molecule has 1 aliphatic heterocycles. The third kappa shape index (κ3) is 5.04. The van der Waals surface area contributed by atoms with Crippen LogP contribution in [-0.4, -0.2) is 40.1 Å². The Morgan fingerprint density at radius 1 is 1.27 bits per heavy atom. The van der Waals surface area contributed by atoms with Crippen LogP contribution >= 0.6 is 23.4 Å². The molecule has 0 aromatic heterocycles. The molecular formula is C22H21ClN2O4S. The van der Waals surface area contributed by atoms with E-state index in [1.807, 2.05) is 19.9 Å². The van der Waals surface area contributed by atoms with Gasteiger partial charge >= 0.3 is 5.97 Å². The molecule has 1 aliphatic rings. The first-order valence-corrected chi connectivity index (χ1v) is 10.6. The smallest absolute Gasteiger partial charge is 0.335 e. The molecule has 0 unspecified atom stereocenters. The fourth-order valence-electron chi connectivity index (χ4n) is 2.87. The monoisotopic (exact) mass is 444 g/mol. The van der Waals surface area contributed by atoms with Crippen molar-refractivity contribution in [3.8, 4) is 5.75 Å². The van der Waals surface area contributed by atoms with Crippen molar-refractivity contribution in [2.45, 2.75) is 20.5 Å². The number of carbonyl (C=O) groups is 2. The van der Waals surface area contributed by atoms with Crippen LogP contribution in [0, 0.1) is 0 Å². The summed E-state index contributed by atoms with van der Waals surface area (Å²) < 4.78 is 5.74. The minimum Gasteiger partial charge on any atom is -0.487 e. The van der Waals surface area contributed by atoms with Gasteiger partial charge in [0.15, 0.2) is 5.17 Å². The normalized spacial score (nSPS) is 16.5. The fraction of sp³-hybridized carbons (Fsp3) is 0.227. The number of thioether (sulfide) groups is 1. The predicted molar refractivity (Wildman–Crippen MR) is 120 cm³/mol. The third-order valence-corrected chi connectivity index (χ3v) is 5.66. The topological polar surface area (TPSA) is 79.2 Å². The SMILES string of the molecule is CCN=C1S/C(=C/c2ccc(OCc3cccc(C(=O)O)c3)c(Cl)c2)C(=O)N1CC. The molecule has 0 aliphatic carbocycles. The number of rotatable bonds is 7. The lowest BCUT2D eigenvalue weighted by Crippen LogP contribution is -2.28. The molecule has 1 fully saturated rings. The molecule has 6 nitrogen and oxygen atoms in total. The van der Waals surface area contributed by atoms with Crippen LogP contribution in [0.2, 0.25) is 5.02 Å². The second-order valence-corrected chi connectivity index (χ2v) is 7.82. The highest BCUT2D eigenvalue weighted by molar-refractivity contribution is 8.18. The highest BCUT2D eigenvalue weighted by atomic mass is 35.5. The number of hydrogen-bond acceptors (Lipinski definition) is 5. The molecule has 1 amide bonds. The minimum absolute atomic E-state index is 0.0653. The van der Waals surface area contributed by atoms with Gasteiger partial charge in [0.05, 0.1) is 15.5 Å². The standard InChI is InChI=1S/C22H21ClN2O4S/c1-3-24-22-25(4-2)20(26)19(30-22)12-14-8-9-18(17(23)11-14)29-13-15-6-5-7-16(10-15)21(27)28/h5-12H,3-4,13H2,1-2H3,(H,27,28)/b19-12+,24-22?. The van der Waals surface area contributed by atoms with E-state index in [4.69, 9.17) is 21.4 Å². The summed E-state index contributed by atoms with van der Waals surface area (Å²) >= 11 is 7.72. The molecule has 2 aromatic carbocycles. The van der Waals surface area contributed by atoms with Gasteiger partial charge in [-0.25, -0.2) is 4.79 Å². The quantitative estimate of drug-likeness (QED) is 0.612. The van der Waals surface area contributed by atoms with E-state index in [1.165, 1.54) is 17.8 Å². The first kappa shape index (κ1) is 21.9. The van der Waals surface area contributed by atoms with E-state index < -0.39 is 5.97 Å². The van der Waals surface area contributed by atoms with Crippen molar-refractivity contribution in [3.05, 3.63) is 69.1 Å². The van der Waals surface area contributed by atoms with Gasteiger partial charge in [0.2, 0.25) is 0 Å². The Morgan fingerprint density at radius 3 is 2.73 bits per heavy atom. The van der Waals surface area contributed by atoms with Crippen molar-refractivity contribution < 1.29 is 19.4 Å². The number of benzene rings is 2. The van der Waals surface area contributed by atoms with Gasteiger partial charge in [0.1, 0.15) is 12.4 Å². The molecule has 30 heavy (non-hydrogen) atoms. The molecule has 3 rings (SSSR count). The van der Waals surface area contributed by atoms with Gasteiger partial charge in [0.25, 0.3) is 5.91 Å². The van der Waals surface area contributed by atoms with Crippen LogP contribution in [0.4, 0.5) is 0 Å². The molecule has 0 atom stereocenters. The van der Waals surface area contributed by atoms with Gasteiger partial charge in [-0.3, -0.25) is 14.7 Å². The number of aromatic carboxylic acids is 1. The van der Waals surface area contributed by atoms with Crippen molar-refractivity contribution in [1.82, 2.24) is 4.90 Å². The van der Waals surface area contributed by atoms with Gasteiger partial charge in [-0.1, -0.05) is 29.8 Å². The Balaban J connectivity index is 1.73. The predicted octanol–water partition coefficient (Wildman–Crippen LogP) is 4.93. The number of hydrogen-bond donors (Lipinski definition) is 1. The average molecular weight is 445 g/mol. The number of ether oxygens (including phenoxy) is 1. The highest BCUT2D eigenvalue weighted by Gasteiger charge is 2.31. The van der Waals surface area contributed by atoms with Crippen LogP contribution in [0.25, 0.3) is 6.08 Å². The molecule has 1 saturated heterocycles. The minimum atomic E-state index is -0.986. The summed E-state index contributed by atoms with van der Waals surface area (Å²) in [5, 5.41) is 10.2. The maximum Gasteiger partial charge on any atom is 0.335 e. The summed E-state index contributed by atoms with van der Waals surface area (Å²) in [6.45, 7) is 5.23.